The normalized spacial score (nSPS) is 18.5. The van der Waals surface area contributed by atoms with Gasteiger partial charge in [-0.1, -0.05) is 30.5 Å². The molecule has 0 heterocycles. The van der Waals surface area contributed by atoms with Crippen LogP contribution in [0.25, 0.3) is 0 Å². The maximum Gasteiger partial charge on any atom is 0.124 e. The van der Waals surface area contributed by atoms with Gasteiger partial charge in [0, 0.05) is 11.1 Å². The minimum atomic E-state index is -0.295. The van der Waals surface area contributed by atoms with Crippen LogP contribution in [0.2, 0.25) is 5.02 Å². The van der Waals surface area contributed by atoms with Crippen molar-refractivity contribution < 1.29 is 4.39 Å². The lowest BCUT2D eigenvalue weighted by atomic mass is 9.93. The molecule has 0 saturated heterocycles. The molecule has 1 unspecified atom stereocenters. The maximum absolute atomic E-state index is 12.9. The maximum atomic E-state index is 12.9. The highest BCUT2D eigenvalue weighted by molar-refractivity contribution is 6.31. The molecule has 0 aromatic heterocycles. The van der Waals surface area contributed by atoms with Gasteiger partial charge in [0.25, 0.3) is 0 Å². The summed E-state index contributed by atoms with van der Waals surface area (Å²) in [5.74, 6) is 5.93. The zero-order chi connectivity index (χ0) is 12.3. The number of hydrazine groups is 1. The Kier molecular flexibility index (Phi) is 4.37. The third-order valence-electron chi connectivity index (χ3n) is 3.64. The SMILES string of the molecule is NNC(Cc1ccc(F)cc1Cl)C1CCCC1. The fourth-order valence-electron chi connectivity index (χ4n) is 2.65. The van der Waals surface area contributed by atoms with E-state index in [-0.39, 0.29) is 11.9 Å². The molecule has 1 aliphatic carbocycles. The molecule has 0 spiro atoms. The number of rotatable bonds is 4. The Morgan fingerprint density at radius 2 is 2.12 bits per heavy atom. The van der Waals surface area contributed by atoms with Crippen molar-refractivity contribution in [1.29, 1.82) is 0 Å². The zero-order valence-electron chi connectivity index (χ0n) is 9.76. The number of nitrogens with one attached hydrogen (secondary N) is 1. The van der Waals surface area contributed by atoms with Crippen molar-refractivity contribution in [3.05, 3.63) is 34.6 Å². The smallest absolute Gasteiger partial charge is 0.124 e. The van der Waals surface area contributed by atoms with Gasteiger partial charge in [0.15, 0.2) is 0 Å². The highest BCUT2D eigenvalue weighted by atomic mass is 35.5. The van der Waals surface area contributed by atoms with Gasteiger partial charge in [0.2, 0.25) is 0 Å². The van der Waals surface area contributed by atoms with Crippen molar-refractivity contribution in [3.63, 3.8) is 0 Å². The van der Waals surface area contributed by atoms with Crippen LogP contribution < -0.4 is 11.3 Å². The zero-order valence-corrected chi connectivity index (χ0v) is 10.5. The molecule has 94 valence electrons. The Labute approximate surface area is 106 Å². The van der Waals surface area contributed by atoms with Crippen molar-refractivity contribution in [1.82, 2.24) is 5.43 Å². The molecule has 1 aromatic carbocycles. The van der Waals surface area contributed by atoms with Gasteiger partial charge in [-0.3, -0.25) is 11.3 Å². The van der Waals surface area contributed by atoms with Crippen LogP contribution in [0.3, 0.4) is 0 Å². The van der Waals surface area contributed by atoms with Crippen molar-refractivity contribution >= 4 is 11.6 Å². The van der Waals surface area contributed by atoms with E-state index in [2.05, 4.69) is 5.43 Å². The summed E-state index contributed by atoms with van der Waals surface area (Å²) < 4.78 is 12.9. The molecule has 2 rings (SSSR count). The molecule has 0 amide bonds. The van der Waals surface area contributed by atoms with Crippen LogP contribution >= 0.6 is 11.6 Å². The van der Waals surface area contributed by atoms with E-state index in [4.69, 9.17) is 17.4 Å². The standard InChI is InChI=1S/C13H18ClFN2/c14-12-8-11(15)6-5-10(12)7-13(17-16)9-3-1-2-4-9/h5-6,8-9,13,17H,1-4,7,16H2. The van der Waals surface area contributed by atoms with Crippen molar-refractivity contribution in [2.24, 2.45) is 11.8 Å². The summed E-state index contributed by atoms with van der Waals surface area (Å²) in [7, 11) is 0. The van der Waals surface area contributed by atoms with Crippen LogP contribution in [0.15, 0.2) is 18.2 Å². The second-order valence-electron chi connectivity index (χ2n) is 4.76. The van der Waals surface area contributed by atoms with Gasteiger partial charge in [-0.25, -0.2) is 4.39 Å². The lowest BCUT2D eigenvalue weighted by Crippen LogP contribution is -2.41. The highest BCUT2D eigenvalue weighted by Crippen LogP contribution is 2.30. The van der Waals surface area contributed by atoms with E-state index in [0.717, 1.165) is 12.0 Å². The van der Waals surface area contributed by atoms with E-state index >= 15 is 0 Å². The van der Waals surface area contributed by atoms with Crippen LogP contribution in [0.1, 0.15) is 31.2 Å². The quantitative estimate of drug-likeness (QED) is 0.642. The summed E-state index contributed by atoms with van der Waals surface area (Å²) in [5, 5.41) is 0.489. The van der Waals surface area contributed by atoms with Crippen molar-refractivity contribution in [3.8, 4) is 0 Å². The predicted molar refractivity (Wildman–Crippen MR) is 68.2 cm³/mol. The molecule has 2 nitrogen and oxygen atoms in total. The molecule has 0 bridgehead atoms. The number of benzene rings is 1. The van der Waals surface area contributed by atoms with E-state index in [1.165, 1.54) is 37.8 Å². The van der Waals surface area contributed by atoms with Crippen molar-refractivity contribution in [2.45, 2.75) is 38.1 Å². The summed E-state index contributed by atoms with van der Waals surface area (Å²) in [6.07, 6.45) is 5.75. The Hall–Kier alpha value is -0.640. The van der Waals surface area contributed by atoms with Crippen molar-refractivity contribution in [2.75, 3.05) is 0 Å². The molecule has 3 N–H and O–H groups in total. The van der Waals surface area contributed by atoms with E-state index < -0.39 is 0 Å². The van der Waals surface area contributed by atoms with E-state index in [0.29, 0.717) is 10.9 Å². The topological polar surface area (TPSA) is 38.0 Å². The lowest BCUT2D eigenvalue weighted by molar-refractivity contribution is 0.361. The van der Waals surface area contributed by atoms with Crippen LogP contribution in [0.5, 0.6) is 0 Å². The third-order valence-corrected chi connectivity index (χ3v) is 3.99. The molecule has 4 heteroatoms. The Bertz CT molecular complexity index is 378. The molecule has 1 fully saturated rings. The van der Waals surface area contributed by atoms with Gasteiger partial charge in [-0.15, -0.1) is 0 Å². The summed E-state index contributed by atoms with van der Waals surface area (Å²) in [6, 6.07) is 4.79. The van der Waals surface area contributed by atoms with Crippen LogP contribution in [-0.2, 0) is 6.42 Å². The molecule has 1 saturated carbocycles. The first-order valence-corrected chi connectivity index (χ1v) is 6.48. The average Bonchev–Trinajstić information content (AvgIpc) is 2.81. The van der Waals surface area contributed by atoms with Crippen LogP contribution in [0.4, 0.5) is 4.39 Å². The summed E-state index contributed by atoms with van der Waals surface area (Å²) in [5.41, 5.74) is 3.84. The molecule has 1 aliphatic rings. The third kappa shape index (κ3) is 3.18. The van der Waals surface area contributed by atoms with Gasteiger partial charge in [-0.2, -0.15) is 0 Å². The summed E-state index contributed by atoms with van der Waals surface area (Å²) >= 11 is 6.03. The van der Waals surface area contributed by atoms with Gasteiger partial charge in [-0.05, 0) is 42.9 Å². The first-order valence-electron chi connectivity index (χ1n) is 6.10. The largest absolute Gasteiger partial charge is 0.271 e. The van der Waals surface area contributed by atoms with Crippen LogP contribution in [-0.4, -0.2) is 6.04 Å². The minimum absolute atomic E-state index is 0.237. The number of halogens is 2. The number of hydrogen-bond donors (Lipinski definition) is 2. The van der Waals surface area contributed by atoms with Gasteiger partial charge < -0.3 is 0 Å². The lowest BCUT2D eigenvalue weighted by Gasteiger charge is -2.23. The molecule has 0 aliphatic heterocycles. The number of nitrogens with two attached hydrogens (primary N) is 1. The molecule has 0 radical (unpaired) electrons. The van der Waals surface area contributed by atoms with Gasteiger partial charge >= 0.3 is 0 Å². The molecule has 17 heavy (non-hydrogen) atoms. The Morgan fingerprint density at radius 3 is 2.71 bits per heavy atom. The van der Waals surface area contributed by atoms with E-state index in [9.17, 15) is 4.39 Å². The second kappa shape index (κ2) is 5.80. The van der Waals surface area contributed by atoms with Crippen LogP contribution in [0, 0.1) is 11.7 Å². The highest BCUT2D eigenvalue weighted by Gasteiger charge is 2.24. The first-order chi connectivity index (χ1) is 8.20. The summed E-state index contributed by atoms with van der Waals surface area (Å²) in [6.45, 7) is 0. The van der Waals surface area contributed by atoms with Gasteiger partial charge in [0.05, 0.1) is 0 Å². The first kappa shape index (κ1) is 12.8. The molecule has 1 aromatic rings. The van der Waals surface area contributed by atoms with E-state index in [1.54, 1.807) is 6.07 Å². The molecular weight excluding hydrogens is 239 g/mol. The molecular formula is C13H18ClFN2. The monoisotopic (exact) mass is 256 g/mol. The number of hydrogen-bond acceptors (Lipinski definition) is 2. The van der Waals surface area contributed by atoms with E-state index in [1.807, 2.05) is 0 Å². The minimum Gasteiger partial charge on any atom is -0.271 e. The average molecular weight is 257 g/mol. The van der Waals surface area contributed by atoms with Gasteiger partial charge in [0.1, 0.15) is 5.82 Å². The Balaban J connectivity index is 2.06. The summed E-state index contributed by atoms with van der Waals surface area (Å²) in [4.78, 5) is 0. The Morgan fingerprint density at radius 1 is 1.41 bits per heavy atom. The molecule has 1 atom stereocenters. The predicted octanol–water partition coefficient (Wildman–Crippen LogP) is 3.04. The fourth-order valence-corrected chi connectivity index (χ4v) is 2.89. The second-order valence-corrected chi connectivity index (χ2v) is 5.16. The fraction of sp³-hybridized carbons (Fsp3) is 0.538.